The lowest BCUT2D eigenvalue weighted by Gasteiger charge is -2.44. The van der Waals surface area contributed by atoms with Gasteiger partial charge in [0.25, 0.3) is 0 Å². The Balaban J connectivity index is 2.18. The monoisotopic (exact) mass is 376 g/mol. The molecule has 1 aromatic heterocycles. The second-order valence-corrected chi connectivity index (χ2v) is 13.9. The van der Waals surface area contributed by atoms with Crippen LogP contribution in [0.1, 0.15) is 31.9 Å². The summed E-state index contributed by atoms with van der Waals surface area (Å²) in [6, 6.07) is 8.48. The van der Waals surface area contributed by atoms with Gasteiger partial charge in [0.15, 0.2) is 0 Å². The average Bonchev–Trinajstić information content (AvgIpc) is 2.50. The molecule has 1 aromatic carbocycles. The number of benzene rings is 1. The third-order valence-electron chi connectivity index (χ3n) is 5.34. The molecule has 2 aromatic rings. The number of hydrogen-bond donors (Lipinski definition) is 1. The van der Waals surface area contributed by atoms with Crippen molar-refractivity contribution in [3.8, 4) is 0 Å². The predicted molar refractivity (Wildman–Crippen MR) is 110 cm³/mol. The molecule has 1 N–H and O–H groups in total. The molecule has 0 aliphatic rings. The number of nitrogens with one attached hydrogen (secondary N) is 1. The van der Waals surface area contributed by atoms with Crippen molar-refractivity contribution in [2.45, 2.75) is 52.4 Å². The number of hydrogen-bond acceptors (Lipinski definition) is 4. The summed E-state index contributed by atoms with van der Waals surface area (Å²) in [5.74, 6) is 0.745. The molecule has 0 aliphatic carbocycles. The van der Waals surface area contributed by atoms with Crippen molar-refractivity contribution >= 4 is 31.3 Å². The van der Waals surface area contributed by atoms with Crippen LogP contribution in [0.2, 0.25) is 23.4 Å². The lowest BCUT2D eigenvalue weighted by molar-refractivity contribution is 0.465. The van der Waals surface area contributed by atoms with Gasteiger partial charge in [0.1, 0.15) is 14.1 Å². The molecule has 0 fully saturated rings. The van der Waals surface area contributed by atoms with Crippen molar-refractivity contribution in [2.24, 2.45) is 0 Å². The molecule has 0 unspecified atom stereocenters. The first-order valence-corrected chi connectivity index (χ1v) is 11.9. The Kier molecular flexibility index (Phi) is 5.92. The summed E-state index contributed by atoms with van der Waals surface area (Å²) in [6.45, 7) is 14.8. The van der Waals surface area contributed by atoms with Gasteiger partial charge in [0, 0.05) is 24.0 Å². The van der Waals surface area contributed by atoms with Crippen molar-refractivity contribution < 1.29 is 0 Å². The summed E-state index contributed by atoms with van der Waals surface area (Å²) in [5.41, 5.74) is 3.27. The van der Waals surface area contributed by atoms with E-state index in [1.807, 2.05) is 13.0 Å². The highest BCUT2D eigenvalue weighted by atomic mass is 35.5. The fourth-order valence-electron chi connectivity index (χ4n) is 2.48. The zero-order valence-electron chi connectivity index (χ0n) is 16.3. The predicted octanol–water partition coefficient (Wildman–Crippen LogP) is 5.62. The Labute approximate surface area is 157 Å². The van der Waals surface area contributed by atoms with Crippen molar-refractivity contribution in [3.63, 3.8) is 0 Å². The van der Waals surface area contributed by atoms with Gasteiger partial charge in [-0.2, -0.15) is 0 Å². The van der Waals surface area contributed by atoms with Crippen LogP contribution in [0.15, 0.2) is 30.5 Å². The van der Waals surface area contributed by atoms with Crippen molar-refractivity contribution in [1.82, 2.24) is 14.5 Å². The summed E-state index contributed by atoms with van der Waals surface area (Å²) in [5, 5.41) is 3.93. The summed E-state index contributed by atoms with van der Waals surface area (Å²) in [4.78, 5) is 8.27. The van der Waals surface area contributed by atoms with E-state index >= 15 is 0 Å². The topological polar surface area (TPSA) is 41.1 Å². The molecule has 1 heterocycles. The molecule has 0 radical (unpaired) electrons. The summed E-state index contributed by atoms with van der Waals surface area (Å²) >= 11 is 5.91. The van der Waals surface area contributed by atoms with Gasteiger partial charge >= 0.3 is 0 Å². The van der Waals surface area contributed by atoms with Crippen molar-refractivity contribution in [3.05, 3.63) is 46.9 Å². The number of aromatic nitrogens is 2. The van der Waals surface area contributed by atoms with E-state index in [1.54, 1.807) is 6.20 Å². The molecule has 0 bridgehead atoms. The number of nitrogens with zero attached hydrogens (tertiary/aromatic N) is 3. The van der Waals surface area contributed by atoms with E-state index in [4.69, 9.17) is 11.6 Å². The molecular formula is C19H29ClN4Si. The molecule has 25 heavy (non-hydrogen) atoms. The molecular weight excluding hydrogens is 348 g/mol. The van der Waals surface area contributed by atoms with Crippen LogP contribution in [0.3, 0.4) is 0 Å². The van der Waals surface area contributed by atoms with Gasteiger partial charge in [-0.1, -0.05) is 46.0 Å². The van der Waals surface area contributed by atoms with Crippen molar-refractivity contribution in [1.29, 1.82) is 0 Å². The first kappa shape index (κ1) is 19.9. The van der Waals surface area contributed by atoms with Crippen LogP contribution in [0, 0.1) is 6.92 Å². The van der Waals surface area contributed by atoms with E-state index in [9.17, 15) is 0 Å². The largest absolute Gasteiger partial charge is 0.340 e. The van der Waals surface area contributed by atoms with E-state index in [2.05, 4.69) is 79.0 Å². The van der Waals surface area contributed by atoms with Crippen LogP contribution >= 0.6 is 11.6 Å². The van der Waals surface area contributed by atoms with Gasteiger partial charge in [-0.15, -0.1) is 0 Å². The smallest absolute Gasteiger partial charge is 0.224 e. The molecule has 0 saturated heterocycles. The summed E-state index contributed by atoms with van der Waals surface area (Å²) in [6.07, 6.45) is 1.73. The molecule has 6 heteroatoms. The molecule has 0 aliphatic heterocycles. The van der Waals surface area contributed by atoms with Gasteiger partial charge in [-0.3, -0.25) is 0 Å². The maximum Gasteiger partial charge on any atom is 0.224 e. The Hall–Kier alpha value is -1.43. The van der Waals surface area contributed by atoms with Crippen LogP contribution in [-0.4, -0.2) is 29.8 Å². The van der Waals surface area contributed by atoms with E-state index in [0.717, 1.165) is 23.6 Å². The minimum absolute atomic E-state index is 0.252. The second-order valence-electron chi connectivity index (χ2n) is 8.16. The fourth-order valence-corrected chi connectivity index (χ4v) is 4.33. The van der Waals surface area contributed by atoms with Crippen LogP contribution in [0.5, 0.6) is 0 Å². The summed E-state index contributed by atoms with van der Waals surface area (Å²) in [7, 11) is 0.718. The minimum Gasteiger partial charge on any atom is -0.340 e. The van der Waals surface area contributed by atoms with Gasteiger partial charge in [-0.25, -0.2) is 9.97 Å². The van der Waals surface area contributed by atoms with Crippen LogP contribution in [0.4, 0.5) is 11.5 Å². The molecule has 0 spiro atoms. The molecule has 2 rings (SSSR count). The lowest BCUT2D eigenvalue weighted by atomic mass is 10.2. The molecule has 0 atom stereocenters. The SMILES string of the molecule is Cc1cnc(Cl)nc1Nc1cccc(CN(C)[Si](C)(C)C(C)(C)C)c1. The van der Waals surface area contributed by atoms with E-state index < -0.39 is 8.24 Å². The number of halogens is 1. The highest BCUT2D eigenvalue weighted by Gasteiger charge is 2.38. The number of anilines is 2. The highest BCUT2D eigenvalue weighted by molar-refractivity contribution is 6.77. The maximum atomic E-state index is 5.91. The average molecular weight is 377 g/mol. The first-order valence-electron chi connectivity index (χ1n) is 8.57. The van der Waals surface area contributed by atoms with E-state index in [-0.39, 0.29) is 5.28 Å². The van der Waals surface area contributed by atoms with Gasteiger partial charge in [0.2, 0.25) is 5.28 Å². The van der Waals surface area contributed by atoms with Gasteiger partial charge in [0.05, 0.1) is 0 Å². The Morgan fingerprint density at radius 3 is 2.56 bits per heavy atom. The molecule has 0 saturated carbocycles. The molecule has 4 nitrogen and oxygen atoms in total. The quantitative estimate of drug-likeness (QED) is 0.543. The number of aryl methyl sites for hydroxylation is 1. The van der Waals surface area contributed by atoms with E-state index in [1.165, 1.54) is 5.56 Å². The lowest BCUT2D eigenvalue weighted by Crippen LogP contribution is -2.52. The molecule has 136 valence electrons. The van der Waals surface area contributed by atoms with Crippen LogP contribution in [0.25, 0.3) is 0 Å². The Morgan fingerprint density at radius 2 is 1.92 bits per heavy atom. The zero-order chi connectivity index (χ0) is 18.8. The Bertz CT molecular complexity index is 740. The summed E-state index contributed by atoms with van der Waals surface area (Å²) < 4.78 is 2.54. The van der Waals surface area contributed by atoms with Gasteiger partial charge in [-0.05, 0) is 48.3 Å². The Morgan fingerprint density at radius 1 is 1.24 bits per heavy atom. The standard InChI is InChI=1S/C19H29ClN4Si/c1-14-12-21-18(20)23-17(14)22-16-10-8-9-15(11-16)13-24(5)25(6,7)19(2,3)4/h8-12H,13H2,1-7H3,(H,21,22,23). The maximum absolute atomic E-state index is 5.91. The highest BCUT2D eigenvalue weighted by Crippen LogP contribution is 2.38. The zero-order valence-corrected chi connectivity index (χ0v) is 18.1. The normalized spacial score (nSPS) is 12.5. The van der Waals surface area contributed by atoms with Gasteiger partial charge < -0.3 is 9.88 Å². The third kappa shape index (κ3) is 4.81. The minimum atomic E-state index is -1.52. The third-order valence-corrected chi connectivity index (χ3v) is 11.3. The second kappa shape index (κ2) is 7.44. The van der Waals surface area contributed by atoms with Crippen LogP contribution < -0.4 is 5.32 Å². The van der Waals surface area contributed by atoms with Crippen LogP contribution in [-0.2, 0) is 6.54 Å². The number of rotatable bonds is 5. The van der Waals surface area contributed by atoms with E-state index in [0.29, 0.717) is 5.04 Å². The molecule has 0 amide bonds. The van der Waals surface area contributed by atoms with Crippen molar-refractivity contribution in [2.75, 3.05) is 12.4 Å². The first-order chi connectivity index (χ1) is 11.5. The fraction of sp³-hybridized carbons (Fsp3) is 0.474.